The molecule has 0 aliphatic rings. The second-order valence-corrected chi connectivity index (χ2v) is 5.34. The number of hydrogen-bond donors (Lipinski definition) is 3. The molecule has 0 rings (SSSR count). The molecule has 2 amide bonds. The average molecular weight is 244 g/mol. The van der Waals surface area contributed by atoms with Crippen molar-refractivity contribution in [1.29, 1.82) is 0 Å². The number of aliphatic hydroxyl groups excluding tert-OH is 1. The monoisotopic (exact) mass is 244 g/mol. The fourth-order valence-electron chi connectivity index (χ4n) is 1.52. The molecule has 0 aliphatic carbocycles. The largest absolute Gasteiger partial charge is 0.396 e. The Morgan fingerprint density at radius 2 is 1.76 bits per heavy atom. The van der Waals surface area contributed by atoms with Crippen molar-refractivity contribution in [2.45, 2.75) is 53.0 Å². The first-order valence-corrected chi connectivity index (χ1v) is 6.60. The number of carbonyl (C=O) groups is 1. The molecule has 2 atom stereocenters. The number of nitrogens with one attached hydrogen (secondary N) is 2. The van der Waals surface area contributed by atoms with Crippen LogP contribution in [0.15, 0.2) is 0 Å². The molecule has 102 valence electrons. The van der Waals surface area contributed by atoms with Gasteiger partial charge in [-0.15, -0.1) is 0 Å². The van der Waals surface area contributed by atoms with Crippen molar-refractivity contribution >= 4 is 6.03 Å². The van der Waals surface area contributed by atoms with Gasteiger partial charge in [-0.1, -0.05) is 20.8 Å². The maximum Gasteiger partial charge on any atom is 0.315 e. The van der Waals surface area contributed by atoms with Gasteiger partial charge in [0, 0.05) is 19.2 Å². The normalized spacial score (nSPS) is 14.5. The topological polar surface area (TPSA) is 61.4 Å². The van der Waals surface area contributed by atoms with Crippen LogP contribution in [0.4, 0.5) is 4.79 Å². The Hall–Kier alpha value is -0.770. The fourth-order valence-corrected chi connectivity index (χ4v) is 1.52. The standard InChI is InChI=1S/C13H28N2O2/c1-10(2)5-6-12(4)15-13(17)14-9-11(3)7-8-16/h10-12,16H,5-9H2,1-4H3,(H2,14,15,17). The van der Waals surface area contributed by atoms with Gasteiger partial charge < -0.3 is 15.7 Å². The van der Waals surface area contributed by atoms with Gasteiger partial charge in [0.25, 0.3) is 0 Å². The highest BCUT2D eigenvalue weighted by Crippen LogP contribution is 2.06. The SMILES string of the molecule is CC(C)CCC(C)NC(=O)NCC(C)CCO. The molecule has 4 nitrogen and oxygen atoms in total. The Kier molecular flexibility index (Phi) is 8.86. The average Bonchev–Trinajstić information content (AvgIpc) is 2.24. The lowest BCUT2D eigenvalue weighted by Crippen LogP contribution is -2.42. The van der Waals surface area contributed by atoms with Gasteiger partial charge in [0.2, 0.25) is 0 Å². The lowest BCUT2D eigenvalue weighted by atomic mass is 10.0. The van der Waals surface area contributed by atoms with Gasteiger partial charge in [0.05, 0.1) is 0 Å². The zero-order valence-corrected chi connectivity index (χ0v) is 11.6. The second kappa shape index (κ2) is 9.28. The van der Waals surface area contributed by atoms with Crippen LogP contribution in [-0.4, -0.2) is 30.3 Å². The highest BCUT2D eigenvalue weighted by atomic mass is 16.3. The summed E-state index contributed by atoms with van der Waals surface area (Å²) >= 11 is 0. The summed E-state index contributed by atoms with van der Waals surface area (Å²) < 4.78 is 0. The molecule has 0 spiro atoms. The third-order valence-electron chi connectivity index (χ3n) is 2.79. The molecule has 4 heteroatoms. The van der Waals surface area contributed by atoms with Gasteiger partial charge in [-0.3, -0.25) is 0 Å². The molecule has 17 heavy (non-hydrogen) atoms. The Labute approximate surface area is 105 Å². The summed E-state index contributed by atoms with van der Waals surface area (Å²) in [6.45, 7) is 9.20. The molecule has 0 saturated carbocycles. The number of aliphatic hydroxyl groups is 1. The molecular weight excluding hydrogens is 216 g/mol. The first-order chi connectivity index (χ1) is 7.95. The Morgan fingerprint density at radius 3 is 2.29 bits per heavy atom. The molecule has 0 radical (unpaired) electrons. The molecule has 0 saturated heterocycles. The summed E-state index contributed by atoms with van der Waals surface area (Å²) in [4.78, 5) is 11.5. The van der Waals surface area contributed by atoms with E-state index >= 15 is 0 Å². The minimum absolute atomic E-state index is 0.106. The van der Waals surface area contributed by atoms with Crippen LogP contribution in [0.1, 0.15) is 47.0 Å². The molecule has 0 bridgehead atoms. The third-order valence-corrected chi connectivity index (χ3v) is 2.79. The van der Waals surface area contributed by atoms with Gasteiger partial charge >= 0.3 is 6.03 Å². The van der Waals surface area contributed by atoms with E-state index in [-0.39, 0.29) is 18.7 Å². The highest BCUT2D eigenvalue weighted by molar-refractivity contribution is 5.74. The minimum Gasteiger partial charge on any atom is -0.396 e. The van der Waals surface area contributed by atoms with E-state index in [1.165, 1.54) is 0 Å². The maximum absolute atomic E-state index is 11.5. The Balaban J connectivity index is 3.63. The first-order valence-electron chi connectivity index (χ1n) is 6.60. The molecular formula is C13H28N2O2. The Bertz CT molecular complexity index is 208. The number of amides is 2. The minimum atomic E-state index is -0.106. The van der Waals surface area contributed by atoms with Gasteiger partial charge in [-0.2, -0.15) is 0 Å². The Morgan fingerprint density at radius 1 is 1.12 bits per heavy atom. The highest BCUT2D eigenvalue weighted by Gasteiger charge is 2.08. The quantitative estimate of drug-likeness (QED) is 0.612. The van der Waals surface area contributed by atoms with Gasteiger partial charge in [-0.25, -0.2) is 4.79 Å². The summed E-state index contributed by atoms with van der Waals surface area (Å²) in [6, 6.07) is 0.108. The van der Waals surface area contributed by atoms with Crippen molar-refractivity contribution < 1.29 is 9.90 Å². The molecule has 0 aliphatic heterocycles. The van der Waals surface area contributed by atoms with Crippen molar-refractivity contribution in [2.75, 3.05) is 13.2 Å². The van der Waals surface area contributed by atoms with E-state index in [0.29, 0.717) is 18.4 Å². The first kappa shape index (κ1) is 16.2. The second-order valence-electron chi connectivity index (χ2n) is 5.34. The molecule has 0 aromatic rings. The van der Waals surface area contributed by atoms with Crippen LogP contribution in [-0.2, 0) is 0 Å². The van der Waals surface area contributed by atoms with Crippen LogP contribution in [0, 0.1) is 11.8 Å². The van der Waals surface area contributed by atoms with E-state index < -0.39 is 0 Å². The van der Waals surface area contributed by atoms with Gasteiger partial charge in [0.15, 0.2) is 0 Å². The summed E-state index contributed by atoms with van der Waals surface area (Å²) in [6.07, 6.45) is 2.86. The molecule has 2 unspecified atom stereocenters. The summed E-state index contributed by atoms with van der Waals surface area (Å²) in [5.41, 5.74) is 0. The fraction of sp³-hybridized carbons (Fsp3) is 0.923. The zero-order valence-electron chi connectivity index (χ0n) is 11.6. The maximum atomic E-state index is 11.5. The smallest absolute Gasteiger partial charge is 0.315 e. The summed E-state index contributed by atoms with van der Waals surface area (Å²) in [5.74, 6) is 0.989. The van der Waals surface area contributed by atoms with Crippen molar-refractivity contribution in [3.63, 3.8) is 0 Å². The van der Waals surface area contributed by atoms with Gasteiger partial charge in [0.1, 0.15) is 0 Å². The third kappa shape index (κ3) is 10.1. The molecule has 0 heterocycles. The number of rotatable bonds is 8. The molecule has 0 aromatic carbocycles. The van der Waals surface area contributed by atoms with Crippen molar-refractivity contribution in [3.8, 4) is 0 Å². The van der Waals surface area contributed by atoms with Crippen molar-refractivity contribution in [2.24, 2.45) is 11.8 Å². The molecule has 0 aromatic heterocycles. The van der Waals surface area contributed by atoms with E-state index in [1.807, 2.05) is 13.8 Å². The number of urea groups is 1. The van der Waals surface area contributed by atoms with E-state index in [0.717, 1.165) is 19.3 Å². The van der Waals surface area contributed by atoms with E-state index in [1.54, 1.807) is 0 Å². The molecule has 3 N–H and O–H groups in total. The predicted octanol–water partition coefficient (Wildman–Crippen LogP) is 2.13. The van der Waals surface area contributed by atoms with Crippen LogP contribution >= 0.6 is 0 Å². The predicted molar refractivity (Wildman–Crippen MR) is 70.9 cm³/mol. The van der Waals surface area contributed by atoms with Crippen molar-refractivity contribution in [1.82, 2.24) is 10.6 Å². The van der Waals surface area contributed by atoms with E-state index in [9.17, 15) is 4.79 Å². The number of carbonyl (C=O) groups excluding carboxylic acids is 1. The summed E-state index contributed by atoms with van der Waals surface area (Å²) in [7, 11) is 0. The van der Waals surface area contributed by atoms with E-state index in [4.69, 9.17) is 5.11 Å². The van der Waals surface area contributed by atoms with Gasteiger partial charge in [-0.05, 0) is 38.0 Å². The van der Waals surface area contributed by atoms with Crippen LogP contribution in [0.3, 0.4) is 0 Å². The van der Waals surface area contributed by atoms with Crippen LogP contribution < -0.4 is 10.6 Å². The lowest BCUT2D eigenvalue weighted by Gasteiger charge is -2.17. The molecule has 0 fully saturated rings. The summed E-state index contributed by atoms with van der Waals surface area (Å²) in [5, 5.41) is 14.5. The van der Waals surface area contributed by atoms with Crippen LogP contribution in [0.2, 0.25) is 0 Å². The number of hydrogen-bond acceptors (Lipinski definition) is 2. The lowest BCUT2D eigenvalue weighted by molar-refractivity contribution is 0.230. The van der Waals surface area contributed by atoms with E-state index in [2.05, 4.69) is 24.5 Å². The van der Waals surface area contributed by atoms with Crippen LogP contribution in [0.5, 0.6) is 0 Å². The van der Waals surface area contributed by atoms with Crippen molar-refractivity contribution in [3.05, 3.63) is 0 Å². The zero-order chi connectivity index (χ0) is 13.3. The van der Waals surface area contributed by atoms with Crippen LogP contribution in [0.25, 0.3) is 0 Å².